The lowest BCUT2D eigenvalue weighted by Crippen LogP contribution is -2.40. The number of carbonyl (C=O) groups excluding carboxylic acids is 1. The number of aliphatic carboxylic acids is 2. The molecule has 0 aliphatic carbocycles. The number of amides is 1. The molecule has 132 valence electrons. The summed E-state index contributed by atoms with van der Waals surface area (Å²) < 4.78 is 10.5. The molecule has 0 saturated heterocycles. The van der Waals surface area contributed by atoms with Crippen molar-refractivity contribution in [3.05, 3.63) is 42.0 Å². The van der Waals surface area contributed by atoms with Crippen LogP contribution >= 0.6 is 0 Å². The Hall–Kier alpha value is -3.29. The van der Waals surface area contributed by atoms with Crippen LogP contribution in [-0.2, 0) is 14.4 Å². The van der Waals surface area contributed by atoms with Gasteiger partial charge in [-0.1, -0.05) is 24.3 Å². The monoisotopic (exact) mass is 347 g/mol. The molecule has 25 heavy (non-hydrogen) atoms. The zero-order valence-electron chi connectivity index (χ0n) is 13.2. The van der Waals surface area contributed by atoms with Crippen molar-refractivity contribution in [3.8, 4) is 11.5 Å². The molecule has 8 heteroatoms. The number of carboxylic acid groups (broad SMARTS) is 2. The Kier molecular flexibility index (Phi) is 6.16. The van der Waals surface area contributed by atoms with E-state index in [9.17, 15) is 14.4 Å². The number of hydrogen-bond donors (Lipinski definition) is 3. The molecule has 0 spiro atoms. The van der Waals surface area contributed by atoms with Crippen molar-refractivity contribution in [1.29, 1.82) is 0 Å². The normalized spacial score (nSPS) is 13.9. The maximum Gasteiger partial charge on any atom is 0.326 e. The summed E-state index contributed by atoms with van der Waals surface area (Å²) in [6.07, 6.45) is 5.45. The summed E-state index contributed by atoms with van der Waals surface area (Å²) in [5.41, 5.74) is 0.846. The fourth-order valence-corrected chi connectivity index (χ4v) is 2.07. The molecule has 1 aromatic carbocycles. The molecule has 1 aliphatic heterocycles. The van der Waals surface area contributed by atoms with Crippen molar-refractivity contribution >= 4 is 23.9 Å². The third-order valence-corrected chi connectivity index (χ3v) is 3.31. The van der Waals surface area contributed by atoms with Crippen LogP contribution in [0, 0.1) is 0 Å². The summed E-state index contributed by atoms with van der Waals surface area (Å²) in [5, 5.41) is 19.8. The molecule has 0 fully saturated rings. The van der Waals surface area contributed by atoms with E-state index in [0.717, 1.165) is 5.56 Å². The molecule has 0 aromatic heterocycles. The minimum Gasteiger partial charge on any atom is -0.481 e. The fourth-order valence-electron chi connectivity index (χ4n) is 2.07. The summed E-state index contributed by atoms with van der Waals surface area (Å²) >= 11 is 0. The molecule has 8 nitrogen and oxygen atoms in total. The SMILES string of the molecule is O=C(O)CCC(NC(=O)C=CC=Cc1ccc2c(c1)OCO2)C(=O)O. The highest BCUT2D eigenvalue weighted by molar-refractivity contribution is 5.91. The number of ether oxygens (including phenoxy) is 2. The third kappa shape index (κ3) is 5.69. The Morgan fingerprint density at radius 3 is 2.64 bits per heavy atom. The molecule has 1 amide bonds. The van der Waals surface area contributed by atoms with Crippen LogP contribution in [0.25, 0.3) is 6.08 Å². The topological polar surface area (TPSA) is 122 Å². The van der Waals surface area contributed by atoms with E-state index in [4.69, 9.17) is 19.7 Å². The van der Waals surface area contributed by atoms with Gasteiger partial charge in [-0.2, -0.15) is 0 Å². The number of rotatable bonds is 8. The lowest BCUT2D eigenvalue weighted by atomic mass is 10.1. The quantitative estimate of drug-likeness (QED) is 0.480. The number of nitrogens with one attached hydrogen (secondary N) is 1. The average molecular weight is 347 g/mol. The Balaban J connectivity index is 1.86. The van der Waals surface area contributed by atoms with Crippen LogP contribution in [0.5, 0.6) is 11.5 Å². The summed E-state index contributed by atoms with van der Waals surface area (Å²) in [4.78, 5) is 33.2. The molecule has 1 aliphatic rings. The van der Waals surface area contributed by atoms with E-state index in [2.05, 4.69) is 5.32 Å². The highest BCUT2D eigenvalue weighted by atomic mass is 16.7. The molecule has 2 rings (SSSR count). The second-order valence-electron chi connectivity index (χ2n) is 5.16. The molecule has 1 unspecified atom stereocenters. The van der Waals surface area contributed by atoms with Crippen molar-refractivity contribution in [2.45, 2.75) is 18.9 Å². The molecular weight excluding hydrogens is 330 g/mol. The number of benzene rings is 1. The molecule has 3 N–H and O–H groups in total. The van der Waals surface area contributed by atoms with E-state index in [1.165, 1.54) is 12.2 Å². The van der Waals surface area contributed by atoms with E-state index < -0.39 is 23.9 Å². The van der Waals surface area contributed by atoms with Gasteiger partial charge in [-0.25, -0.2) is 4.79 Å². The van der Waals surface area contributed by atoms with Gasteiger partial charge in [0.2, 0.25) is 12.7 Å². The number of carboxylic acids is 2. The van der Waals surface area contributed by atoms with Gasteiger partial charge in [0.05, 0.1) is 0 Å². The van der Waals surface area contributed by atoms with E-state index in [-0.39, 0.29) is 19.6 Å². The van der Waals surface area contributed by atoms with Crippen molar-refractivity contribution in [2.24, 2.45) is 0 Å². The van der Waals surface area contributed by atoms with Gasteiger partial charge in [0, 0.05) is 12.5 Å². The van der Waals surface area contributed by atoms with Crippen LogP contribution in [0.2, 0.25) is 0 Å². The van der Waals surface area contributed by atoms with Gasteiger partial charge in [-0.05, 0) is 24.1 Å². The van der Waals surface area contributed by atoms with E-state index in [0.29, 0.717) is 11.5 Å². The van der Waals surface area contributed by atoms with Crippen LogP contribution in [0.3, 0.4) is 0 Å². The number of hydrogen-bond acceptors (Lipinski definition) is 5. The van der Waals surface area contributed by atoms with Crippen LogP contribution in [0.15, 0.2) is 36.4 Å². The summed E-state index contributed by atoms with van der Waals surface area (Å²) in [6.45, 7) is 0.190. The number of fused-ring (bicyclic) bond motifs is 1. The maximum atomic E-state index is 11.7. The highest BCUT2D eigenvalue weighted by Gasteiger charge is 2.19. The van der Waals surface area contributed by atoms with Gasteiger partial charge >= 0.3 is 11.9 Å². The maximum absolute atomic E-state index is 11.7. The van der Waals surface area contributed by atoms with E-state index >= 15 is 0 Å². The minimum atomic E-state index is -1.28. The van der Waals surface area contributed by atoms with Crippen LogP contribution in [0.1, 0.15) is 18.4 Å². The zero-order valence-corrected chi connectivity index (χ0v) is 13.2. The van der Waals surface area contributed by atoms with Gasteiger partial charge in [0.25, 0.3) is 0 Å². The Bertz CT molecular complexity index is 724. The molecule has 0 saturated carbocycles. The van der Waals surface area contributed by atoms with Gasteiger partial charge in [0.1, 0.15) is 6.04 Å². The van der Waals surface area contributed by atoms with Gasteiger partial charge in [-0.3, -0.25) is 9.59 Å². The Labute approximate surface area is 143 Å². The van der Waals surface area contributed by atoms with E-state index in [1.807, 2.05) is 6.07 Å². The summed E-state index contributed by atoms with van der Waals surface area (Å²) in [5.74, 6) is -1.70. The molecule has 0 radical (unpaired) electrons. The lowest BCUT2D eigenvalue weighted by molar-refractivity contribution is -0.142. The summed E-state index contributed by atoms with van der Waals surface area (Å²) in [7, 11) is 0. The first-order valence-corrected chi connectivity index (χ1v) is 7.45. The predicted molar refractivity (Wildman–Crippen MR) is 87.2 cm³/mol. The zero-order chi connectivity index (χ0) is 18.2. The van der Waals surface area contributed by atoms with E-state index in [1.54, 1.807) is 24.3 Å². The van der Waals surface area contributed by atoms with Gasteiger partial charge in [0.15, 0.2) is 11.5 Å². The first kappa shape index (κ1) is 18.1. The largest absolute Gasteiger partial charge is 0.481 e. The molecule has 1 atom stereocenters. The van der Waals surface area contributed by atoms with Crippen molar-refractivity contribution in [2.75, 3.05) is 6.79 Å². The molecule has 0 bridgehead atoms. The molecular formula is C17H17NO7. The van der Waals surface area contributed by atoms with Gasteiger partial charge in [-0.15, -0.1) is 0 Å². The fraction of sp³-hybridized carbons (Fsp3) is 0.235. The first-order chi connectivity index (χ1) is 12.0. The second-order valence-corrected chi connectivity index (χ2v) is 5.16. The smallest absolute Gasteiger partial charge is 0.326 e. The minimum absolute atomic E-state index is 0.183. The molecule has 1 aromatic rings. The second kappa shape index (κ2) is 8.53. The highest BCUT2D eigenvalue weighted by Crippen LogP contribution is 2.32. The van der Waals surface area contributed by atoms with Crippen LogP contribution in [-0.4, -0.2) is 40.9 Å². The van der Waals surface area contributed by atoms with Crippen LogP contribution < -0.4 is 14.8 Å². The van der Waals surface area contributed by atoms with Crippen molar-refractivity contribution in [3.63, 3.8) is 0 Å². The first-order valence-electron chi connectivity index (χ1n) is 7.45. The van der Waals surface area contributed by atoms with Gasteiger partial charge < -0.3 is 25.0 Å². The summed E-state index contributed by atoms with van der Waals surface area (Å²) in [6, 6.07) is 4.15. The average Bonchev–Trinajstić information content (AvgIpc) is 3.02. The standard InChI is InChI=1S/C17H17NO7/c19-15(18-12(17(22)23)6-8-16(20)21)4-2-1-3-11-5-7-13-14(9-11)25-10-24-13/h1-5,7,9,12H,6,8,10H2,(H,18,19)(H,20,21)(H,22,23). The lowest BCUT2D eigenvalue weighted by Gasteiger charge is -2.11. The third-order valence-electron chi connectivity index (χ3n) is 3.31. The Morgan fingerprint density at radius 2 is 1.92 bits per heavy atom. The van der Waals surface area contributed by atoms with Crippen molar-refractivity contribution in [1.82, 2.24) is 5.32 Å². The van der Waals surface area contributed by atoms with Crippen molar-refractivity contribution < 1.29 is 34.1 Å². The van der Waals surface area contributed by atoms with Crippen LogP contribution in [0.4, 0.5) is 0 Å². The Morgan fingerprint density at radius 1 is 1.16 bits per heavy atom. The number of allylic oxidation sites excluding steroid dienone is 2. The number of carbonyl (C=O) groups is 3. The molecule has 1 heterocycles. The predicted octanol–water partition coefficient (Wildman–Crippen LogP) is 1.42.